The van der Waals surface area contributed by atoms with Crippen LogP contribution in [0.2, 0.25) is 0 Å². The summed E-state index contributed by atoms with van der Waals surface area (Å²) >= 11 is 0. The van der Waals surface area contributed by atoms with E-state index in [9.17, 15) is 13.9 Å². The molecular weight excluding hydrogens is 192 g/mol. The minimum Gasteiger partial charge on any atom is -0.504 e. The van der Waals surface area contributed by atoms with Gasteiger partial charge in [-0.3, -0.25) is 0 Å². The zero-order valence-corrected chi connectivity index (χ0v) is 7.29. The summed E-state index contributed by atoms with van der Waals surface area (Å²) in [6.45, 7) is 0.730. The molecule has 74 valence electrons. The number of phenolic OH excluding ortho intramolecular Hbond substituents is 1. The van der Waals surface area contributed by atoms with Gasteiger partial charge in [-0.15, -0.1) is 0 Å². The van der Waals surface area contributed by atoms with Crippen molar-refractivity contribution < 1.29 is 18.4 Å². The predicted molar refractivity (Wildman–Crippen MR) is 45.2 cm³/mol. The number of nitrogens with zero attached hydrogens (tertiary/aromatic N) is 1. The summed E-state index contributed by atoms with van der Waals surface area (Å²) in [5.74, 6) is -3.26. The van der Waals surface area contributed by atoms with Gasteiger partial charge in [0.15, 0.2) is 11.4 Å². The molecule has 2 rings (SSSR count). The maximum Gasteiger partial charge on any atom is 0.290 e. The molecule has 3 nitrogen and oxygen atoms in total. The van der Waals surface area contributed by atoms with Gasteiger partial charge in [-0.2, -0.15) is 8.78 Å². The molecule has 0 amide bonds. The van der Waals surface area contributed by atoms with Gasteiger partial charge in [-0.25, -0.2) is 0 Å². The highest BCUT2D eigenvalue weighted by Crippen LogP contribution is 2.35. The lowest BCUT2D eigenvalue weighted by atomic mass is 10.1. The van der Waals surface area contributed by atoms with Crippen molar-refractivity contribution in [3.8, 4) is 5.75 Å². The fourth-order valence-corrected chi connectivity index (χ4v) is 1.26. The second-order valence-electron chi connectivity index (χ2n) is 3.07. The number of hydrogen-bond donors (Lipinski definition) is 1. The fraction of sp³-hybridized carbons (Fsp3) is 0.222. The minimum atomic E-state index is -3.07. The summed E-state index contributed by atoms with van der Waals surface area (Å²) in [5, 5.41) is 12.7. The van der Waals surface area contributed by atoms with Crippen LogP contribution < -0.4 is 0 Å². The molecule has 1 N–H and O–H groups in total. The van der Waals surface area contributed by atoms with Crippen molar-refractivity contribution in [3.05, 3.63) is 23.9 Å². The second-order valence-corrected chi connectivity index (χ2v) is 3.07. The second kappa shape index (κ2) is 2.67. The first-order chi connectivity index (χ1) is 6.50. The first kappa shape index (κ1) is 8.93. The molecule has 1 heterocycles. The highest BCUT2D eigenvalue weighted by Gasteiger charge is 2.31. The van der Waals surface area contributed by atoms with Gasteiger partial charge < -0.3 is 9.63 Å². The Kier molecular flexibility index (Phi) is 1.70. The quantitative estimate of drug-likeness (QED) is 0.767. The third kappa shape index (κ3) is 1.21. The molecule has 0 aliphatic carbocycles. The number of halogens is 2. The Hall–Kier alpha value is -1.65. The number of benzene rings is 1. The number of phenols is 1. The molecule has 0 spiro atoms. The molecular formula is C9H7F2NO2. The Balaban J connectivity index is 2.76. The standard InChI is InChI=1S/C9H7F2NO2/c1-9(10,11)8-5-3-2-4-6(13)7(5)14-12-8/h2-4,13H,1H3. The van der Waals surface area contributed by atoms with Gasteiger partial charge >= 0.3 is 0 Å². The summed E-state index contributed by atoms with van der Waals surface area (Å²) < 4.78 is 30.5. The van der Waals surface area contributed by atoms with Crippen molar-refractivity contribution >= 4 is 11.0 Å². The van der Waals surface area contributed by atoms with Crippen LogP contribution in [0.25, 0.3) is 11.0 Å². The van der Waals surface area contributed by atoms with Gasteiger partial charge in [0.1, 0.15) is 0 Å². The highest BCUT2D eigenvalue weighted by atomic mass is 19.3. The van der Waals surface area contributed by atoms with Crippen LogP contribution in [-0.2, 0) is 5.92 Å². The zero-order valence-electron chi connectivity index (χ0n) is 7.29. The van der Waals surface area contributed by atoms with Gasteiger partial charge in [0.25, 0.3) is 5.92 Å². The van der Waals surface area contributed by atoms with Gasteiger partial charge in [0.05, 0.1) is 5.39 Å². The molecule has 0 radical (unpaired) electrons. The number of para-hydroxylation sites is 1. The average Bonchev–Trinajstić information content (AvgIpc) is 2.47. The molecule has 0 unspecified atom stereocenters. The van der Waals surface area contributed by atoms with Crippen LogP contribution in [0.15, 0.2) is 22.7 Å². The van der Waals surface area contributed by atoms with E-state index in [1.165, 1.54) is 18.2 Å². The summed E-state index contributed by atoms with van der Waals surface area (Å²) in [5.41, 5.74) is -0.465. The van der Waals surface area contributed by atoms with E-state index in [0.29, 0.717) is 0 Å². The highest BCUT2D eigenvalue weighted by molar-refractivity contribution is 5.84. The van der Waals surface area contributed by atoms with E-state index in [1.54, 1.807) is 0 Å². The molecule has 0 saturated carbocycles. The number of aromatic nitrogens is 1. The van der Waals surface area contributed by atoms with Crippen LogP contribution in [0.1, 0.15) is 12.6 Å². The van der Waals surface area contributed by atoms with Crippen molar-refractivity contribution in [2.75, 3.05) is 0 Å². The molecule has 2 aromatic rings. The Bertz CT molecular complexity index is 473. The fourth-order valence-electron chi connectivity index (χ4n) is 1.26. The number of hydrogen-bond acceptors (Lipinski definition) is 3. The molecule has 0 bridgehead atoms. The van der Waals surface area contributed by atoms with Crippen molar-refractivity contribution in [2.24, 2.45) is 0 Å². The Labute approximate surface area is 77.9 Å². The largest absolute Gasteiger partial charge is 0.504 e. The molecule has 1 aromatic carbocycles. The summed E-state index contributed by atoms with van der Waals surface area (Å²) in [4.78, 5) is 0. The van der Waals surface area contributed by atoms with E-state index in [-0.39, 0.29) is 16.7 Å². The third-order valence-electron chi connectivity index (χ3n) is 1.89. The summed E-state index contributed by atoms with van der Waals surface area (Å²) in [6, 6.07) is 4.24. The molecule has 1 aromatic heterocycles. The summed E-state index contributed by atoms with van der Waals surface area (Å²) in [6.07, 6.45) is 0. The van der Waals surface area contributed by atoms with Gasteiger partial charge in [-0.05, 0) is 12.1 Å². The lowest BCUT2D eigenvalue weighted by Crippen LogP contribution is -2.07. The average molecular weight is 199 g/mol. The molecule has 5 heteroatoms. The van der Waals surface area contributed by atoms with Crippen molar-refractivity contribution in [1.82, 2.24) is 5.16 Å². The summed E-state index contributed by atoms with van der Waals surface area (Å²) in [7, 11) is 0. The van der Waals surface area contributed by atoms with E-state index < -0.39 is 11.6 Å². The molecule has 14 heavy (non-hydrogen) atoms. The predicted octanol–water partition coefficient (Wildman–Crippen LogP) is 2.65. The minimum absolute atomic E-state index is 0.0102. The van der Waals surface area contributed by atoms with Crippen molar-refractivity contribution in [2.45, 2.75) is 12.8 Å². The Morgan fingerprint density at radius 3 is 2.79 bits per heavy atom. The van der Waals surface area contributed by atoms with Gasteiger partial charge in [-0.1, -0.05) is 11.2 Å². The van der Waals surface area contributed by atoms with E-state index in [1.807, 2.05) is 0 Å². The van der Waals surface area contributed by atoms with Crippen molar-refractivity contribution in [1.29, 1.82) is 0 Å². The smallest absolute Gasteiger partial charge is 0.290 e. The lowest BCUT2D eigenvalue weighted by Gasteiger charge is -2.04. The molecule has 0 atom stereocenters. The van der Waals surface area contributed by atoms with Crippen LogP contribution in [0.4, 0.5) is 8.78 Å². The first-order valence-corrected chi connectivity index (χ1v) is 3.96. The van der Waals surface area contributed by atoms with Crippen LogP contribution in [0.3, 0.4) is 0 Å². The molecule has 0 aliphatic rings. The van der Waals surface area contributed by atoms with E-state index in [2.05, 4.69) is 9.68 Å². The van der Waals surface area contributed by atoms with Crippen LogP contribution in [-0.4, -0.2) is 10.3 Å². The molecule has 0 fully saturated rings. The first-order valence-electron chi connectivity index (χ1n) is 3.96. The Morgan fingerprint density at radius 2 is 2.14 bits per heavy atom. The SMILES string of the molecule is CC(F)(F)c1noc2c(O)cccc12. The van der Waals surface area contributed by atoms with Crippen molar-refractivity contribution in [3.63, 3.8) is 0 Å². The number of alkyl halides is 2. The maximum atomic E-state index is 12.9. The zero-order chi connectivity index (χ0) is 10.3. The third-order valence-corrected chi connectivity index (χ3v) is 1.89. The monoisotopic (exact) mass is 199 g/mol. The molecule has 0 saturated heterocycles. The normalized spacial score (nSPS) is 12.2. The van der Waals surface area contributed by atoms with Crippen LogP contribution in [0, 0.1) is 0 Å². The van der Waals surface area contributed by atoms with E-state index in [0.717, 1.165) is 6.92 Å². The number of fused-ring (bicyclic) bond motifs is 1. The van der Waals surface area contributed by atoms with Crippen LogP contribution >= 0.6 is 0 Å². The topological polar surface area (TPSA) is 46.3 Å². The lowest BCUT2D eigenvalue weighted by molar-refractivity contribution is 0.0112. The maximum absolute atomic E-state index is 12.9. The van der Waals surface area contributed by atoms with E-state index >= 15 is 0 Å². The number of aromatic hydroxyl groups is 1. The van der Waals surface area contributed by atoms with Gasteiger partial charge in [0.2, 0.25) is 5.58 Å². The number of rotatable bonds is 1. The Morgan fingerprint density at radius 1 is 1.43 bits per heavy atom. The van der Waals surface area contributed by atoms with Gasteiger partial charge in [0, 0.05) is 6.92 Å². The van der Waals surface area contributed by atoms with E-state index in [4.69, 9.17) is 0 Å². The molecule has 0 aliphatic heterocycles. The van der Waals surface area contributed by atoms with Crippen LogP contribution in [0.5, 0.6) is 5.75 Å².